The zero-order valence-corrected chi connectivity index (χ0v) is 21.8. The highest BCUT2D eigenvalue weighted by Gasteiger charge is 2.60. The van der Waals surface area contributed by atoms with Crippen molar-refractivity contribution in [2.24, 2.45) is 0 Å². The number of fused-ring (bicyclic) bond motifs is 1. The van der Waals surface area contributed by atoms with Gasteiger partial charge in [-0.25, -0.2) is 4.79 Å². The molecule has 3 atom stereocenters. The van der Waals surface area contributed by atoms with Gasteiger partial charge in [0.05, 0.1) is 35.4 Å². The van der Waals surface area contributed by atoms with Crippen molar-refractivity contribution in [1.82, 2.24) is 9.80 Å². The van der Waals surface area contributed by atoms with E-state index in [1.165, 1.54) is 12.1 Å². The fourth-order valence-corrected chi connectivity index (χ4v) is 4.95. The van der Waals surface area contributed by atoms with Crippen LogP contribution in [0.15, 0.2) is 54.6 Å². The number of Topliss-reactive ketones (excluding diaryl/α,β-unsaturated/α-hetero) is 1. The molecule has 0 saturated carbocycles. The van der Waals surface area contributed by atoms with Gasteiger partial charge in [0.1, 0.15) is 12.6 Å². The van der Waals surface area contributed by atoms with Crippen LogP contribution in [0.2, 0.25) is 0 Å². The van der Waals surface area contributed by atoms with Crippen LogP contribution in [0.4, 0.5) is 0 Å². The second kappa shape index (κ2) is 10.5. The Hall–Kier alpha value is -3.42. The first-order valence-corrected chi connectivity index (χ1v) is 13.9. The number of hydrogen-bond donors (Lipinski definition) is 0. The first-order chi connectivity index (χ1) is 17.5. The maximum atomic E-state index is 13.4. The van der Waals surface area contributed by atoms with Crippen LogP contribution in [0.25, 0.3) is 0 Å². The van der Waals surface area contributed by atoms with Crippen molar-refractivity contribution < 1.29 is 41.3 Å². The number of benzene rings is 2. The van der Waals surface area contributed by atoms with Gasteiger partial charge < -0.3 is 9.64 Å². The molecule has 0 aliphatic carbocycles. The number of nitrogens with zero attached hydrogens (tertiary/aromatic N) is 2. The van der Waals surface area contributed by atoms with E-state index in [9.17, 15) is 32.4 Å². The molecule has 11 nitrogen and oxygen atoms in total. The highest BCUT2D eigenvalue weighted by atomic mass is 79.9. The number of carbonyl (C=O) groups excluding carboxylic acids is 5. The molecular formula is C24H21BrN2O9S. The normalized spacial score (nSPS) is 19.9. The van der Waals surface area contributed by atoms with Gasteiger partial charge in [-0.3, -0.25) is 28.3 Å². The number of ketones is 1. The van der Waals surface area contributed by atoms with E-state index in [1.807, 2.05) is 0 Å². The molecule has 2 aliphatic heterocycles. The van der Waals surface area contributed by atoms with Crippen LogP contribution < -0.4 is 0 Å². The summed E-state index contributed by atoms with van der Waals surface area (Å²) in [6, 6.07) is 10.1. The summed E-state index contributed by atoms with van der Waals surface area (Å²) in [5.41, 5.74) is 0.797. The average Bonchev–Trinajstić information content (AvgIpc) is 3.12. The topological polar surface area (TPSA) is 144 Å². The van der Waals surface area contributed by atoms with Gasteiger partial charge in [0.2, 0.25) is 5.91 Å². The van der Waals surface area contributed by atoms with E-state index in [1.54, 1.807) is 42.5 Å². The molecule has 3 amide bonds. The average molecular weight is 593 g/mol. The summed E-state index contributed by atoms with van der Waals surface area (Å²) in [5.74, 6) is -4.19. The molecule has 0 N–H and O–H groups in total. The number of rotatable bonds is 10. The first-order valence-electron chi connectivity index (χ1n) is 11.0. The van der Waals surface area contributed by atoms with E-state index < -0.39 is 64.3 Å². The van der Waals surface area contributed by atoms with E-state index in [0.29, 0.717) is 10.5 Å². The molecule has 2 aromatic rings. The highest BCUT2D eigenvalue weighted by Crippen LogP contribution is 2.35. The number of imide groups is 1. The second-order valence-electron chi connectivity index (χ2n) is 8.37. The number of halogens is 1. The lowest BCUT2D eigenvalue weighted by Crippen LogP contribution is -2.77. The van der Waals surface area contributed by atoms with Crippen molar-refractivity contribution in [2.75, 3.05) is 18.2 Å². The van der Waals surface area contributed by atoms with Crippen molar-refractivity contribution in [3.8, 4) is 0 Å². The summed E-state index contributed by atoms with van der Waals surface area (Å²) >= 11 is 2.99. The molecule has 0 bridgehead atoms. The van der Waals surface area contributed by atoms with Crippen LogP contribution >= 0.6 is 15.9 Å². The minimum absolute atomic E-state index is 0.0805. The Labute approximate surface area is 220 Å². The lowest BCUT2D eigenvalue weighted by atomic mass is 9.90. The molecule has 0 aromatic heterocycles. The predicted molar refractivity (Wildman–Crippen MR) is 131 cm³/mol. The van der Waals surface area contributed by atoms with Gasteiger partial charge in [0.25, 0.3) is 21.9 Å². The highest BCUT2D eigenvalue weighted by molar-refractivity contribution is 9.09. The summed E-state index contributed by atoms with van der Waals surface area (Å²) in [5, 5.41) is -0.320. The Morgan fingerprint density at radius 1 is 0.973 bits per heavy atom. The summed E-state index contributed by atoms with van der Waals surface area (Å²) in [6.07, 6.45) is 0.782. The maximum absolute atomic E-state index is 13.4. The second-order valence-corrected chi connectivity index (χ2v) is 10.6. The number of β-lactam (4-membered cyclic amide) rings is 1. The molecule has 0 spiro atoms. The molecule has 2 aromatic carbocycles. The molecule has 13 heteroatoms. The number of alkyl halides is 1. The summed E-state index contributed by atoms with van der Waals surface area (Å²) in [4.78, 5) is 66.7. The number of esters is 1. The Kier molecular flexibility index (Phi) is 7.57. The fraction of sp³-hybridized carbons (Fsp3) is 0.292. The standard InChI is InChI=1S/C24H21BrN2O9S/c1-37(33,34)36-13-17-19(27-21(29)15-9-5-6-10-16(15)22(27)30)23(31)26(17)20(18(28)11-25)24(32)35-12-14-7-3-2-4-8-14/h2-10,17,19-20H,11-13H2,1H3/t17-,19+,20?/m1/s1. The number of likely N-dealkylation sites (tertiary alicyclic amines) is 1. The fourth-order valence-electron chi connectivity index (χ4n) is 4.26. The molecule has 2 heterocycles. The zero-order chi connectivity index (χ0) is 26.9. The Balaban J connectivity index is 1.64. The van der Waals surface area contributed by atoms with Gasteiger partial charge in [-0.1, -0.05) is 58.4 Å². The molecule has 1 unspecified atom stereocenters. The monoisotopic (exact) mass is 592 g/mol. The summed E-state index contributed by atoms with van der Waals surface area (Å²) < 4.78 is 33.6. The molecule has 1 fully saturated rings. The van der Waals surface area contributed by atoms with Gasteiger partial charge >= 0.3 is 5.97 Å². The smallest absolute Gasteiger partial charge is 0.337 e. The Morgan fingerprint density at radius 2 is 1.54 bits per heavy atom. The first kappa shape index (κ1) is 26.6. The van der Waals surface area contributed by atoms with Gasteiger partial charge in [0.15, 0.2) is 11.8 Å². The molecular weight excluding hydrogens is 572 g/mol. The Morgan fingerprint density at radius 3 is 2.08 bits per heavy atom. The van der Waals surface area contributed by atoms with E-state index >= 15 is 0 Å². The molecule has 37 heavy (non-hydrogen) atoms. The van der Waals surface area contributed by atoms with Gasteiger partial charge in [-0.2, -0.15) is 8.42 Å². The van der Waals surface area contributed by atoms with Crippen molar-refractivity contribution >= 4 is 55.5 Å². The SMILES string of the molecule is CS(=O)(=O)OC[C@@H]1[C@H](N2C(=O)c3ccccc3C2=O)C(=O)N1C(C(=O)CBr)C(=O)OCc1ccccc1. The summed E-state index contributed by atoms with van der Waals surface area (Å²) in [7, 11) is -4.02. The summed E-state index contributed by atoms with van der Waals surface area (Å²) in [6.45, 7) is -0.874. The van der Waals surface area contributed by atoms with Crippen molar-refractivity contribution in [3.63, 3.8) is 0 Å². The van der Waals surface area contributed by atoms with Gasteiger partial charge in [0, 0.05) is 0 Å². The van der Waals surface area contributed by atoms with Crippen LogP contribution in [0, 0.1) is 0 Å². The molecule has 194 valence electrons. The third-order valence-electron chi connectivity index (χ3n) is 5.95. The minimum atomic E-state index is -4.02. The third kappa shape index (κ3) is 5.20. The van der Waals surface area contributed by atoms with Crippen LogP contribution in [-0.2, 0) is 40.0 Å². The van der Waals surface area contributed by atoms with Crippen LogP contribution in [0.1, 0.15) is 26.3 Å². The van der Waals surface area contributed by atoms with E-state index in [0.717, 1.165) is 11.2 Å². The zero-order valence-electron chi connectivity index (χ0n) is 19.4. The largest absolute Gasteiger partial charge is 0.459 e. The van der Waals surface area contributed by atoms with Crippen LogP contribution in [0.3, 0.4) is 0 Å². The van der Waals surface area contributed by atoms with Crippen molar-refractivity contribution in [2.45, 2.75) is 24.7 Å². The maximum Gasteiger partial charge on any atom is 0.337 e. The van der Waals surface area contributed by atoms with Crippen LogP contribution in [0.5, 0.6) is 0 Å². The number of hydrogen-bond acceptors (Lipinski definition) is 9. The van der Waals surface area contributed by atoms with Crippen molar-refractivity contribution in [3.05, 3.63) is 71.3 Å². The van der Waals surface area contributed by atoms with Crippen LogP contribution in [-0.4, -0.2) is 84.0 Å². The minimum Gasteiger partial charge on any atom is -0.459 e. The molecule has 2 aliphatic rings. The van der Waals surface area contributed by atoms with Gasteiger partial charge in [-0.05, 0) is 17.7 Å². The predicted octanol–water partition coefficient (Wildman–Crippen LogP) is 0.914. The lowest BCUT2D eigenvalue weighted by Gasteiger charge is -2.51. The molecule has 4 rings (SSSR count). The molecule has 1 saturated heterocycles. The lowest BCUT2D eigenvalue weighted by molar-refractivity contribution is -0.175. The number of amides is 3. The van der Waals surface area contributed by atoms with Crippen molar-refractivity contribution in [1.29, 1.82) is 0 Å². The van der Waals surface area contributed by atoms with Gasteiger partial charge in [-0.15, -0.1) is 0 Å². The quantitative estimate of drug-likeness (QED) is 0.0981. The van der Waals surface area contributed by atoms with E-state index in [2.05, 4.69) is 15.9 Å². The molecule has 0 radical (unpaired) electrons. The van der Waals surface area contributed by atoms with E-state index in [-0.39, 0.29) is 23.1 Å². The number of ether oxygens (including phenoxy) is 1. The number of carbonyl (C=O) groups is 5. The Bertz CT molecular complexity index is 1340. The third-order valence-corrected chi connectivity index (χ3v) is 7.06. The van der Waals surface area contributed by atoms with E-state index in [4.69, 9.17) is 8.92 Å².